The second-order valence-corrected chi connectivity index (χ2v) is 7.14. The van der Waals surface area contributed by atoms with Crippen molar-refractivity contribution in [1.29, 1.82) is 0 Å². The van der Waals surface area contributed by atoms with Crippen molar-refractivity contribution in [3.05, 3.63) is 50.9 Å². The molecular weight excluding hydrogens is 364 g/mol. The lowest BCUT2D eigenvalue weighted by molar-refractivity contribution is -0.130. The number of hydrogen-bond donors (Lipinski definition) is 2. The summed E-state index contributed by atoms with van der Waals surface area (Å²) in [6.07, 6.45) is 1.08. The highest BCUT2D eigenvalue weighted by molar-refractivity contribution is 7.09. The van der Waals surface area contributed by atoms with E-state index in [0.717, 1.165) is 5.56 Å². The van der Waals surface area contributed by atoms with Gasteiger partial charge in [-0.05, 0) is 24.5 Å². The molecule has 0 bridgehead atoms. The first kappa shape index (κ1) is 17.8. The van der Waals surface area contributed by atoms with Crippen LogP contribution in [0, 0.1) is 0 Å². The van der Waals surface area contributed by atoms with Gasteiger partial charge in [-0.2, -0.15) is 0 Å². The molecule has 2 N–H and O–H groups in total. The van der Waals surface area contributed by atoms with Crippen LogP contribution in [0.25, 0.3) is 0 Å². The first-order valence-corrected chi connectivity index (χ1v) is 9.07. The van der Waals surface area contributed by atoms with Crippen molar-refractivity contribution in [3.8, 4) is 0 Å². The van der Waals surface area contributed by atoms with Gasteiger partial charge in [-0.15, -0.1) is 11.3 Å². The van der Waals surface area contributed by atoms with E-state index in [9.17, 15) is 9.59 Å². The molecule has 3 rings (SSSR count). The molecule has 1 aliphatic rings. The van der Waals surface area contributed by atoms with Crippen molar-refractivity contribution >= 4 is 34.8 Å². The molecule has 0 saturated carbocycles. The summed E-state index contributed by atoms with van der Waals surface area (Å²) < 4.78 is 5.43. The largest absolute Gasteiger partial charge is 0.476 e. The Hall–Kier alpha value is -1.96. The number of carbonyl (C=O) groups is 2. The number of hydrogen-bond acceptors (Lipinski definition) is 5. The van der Waals surface area contributed by atoms with Crippen molar-refractivity contribution in [2.45, 2.75) is 24.8 Å². The van der Waals surface area contributed by atoms with E-state index in [-0.39, 0.29) is 18.1 Å². The fourth-order valence-corrected chi connectivity index (χ4v) is 4.03. The Morgan fingerprint density at radius 1 is 1.32 bits per heavy atom. The topological polar surface area (TPSA) is 88.5 Å². The number of nitrogens with one attached hydrogen (secondary N) is 1. The van der Waals surface area contributed by atoms with Crippen molar-refractivity contribution < 1.29 is 19.4 Å². The number of aromatic carboxylic acids is 1. The Balaban J connectivity index is 1.80. The number of aromatic nitrogens is 1. The average Bonchev–Trinajstić information content (AvgIpc) is 3.10. The molecule has 2 aromatic rings. The van der Waals surface area contributed by atoms with Crippen molar-refractivity contribution in [2.75, 3.05) is 13.2 Å². The summed E-state index contributed by atoms with van der Waals surface area (Å²) in [5.41, 5.74) is 0.0349. The number of halogens is 1. The van der Waals surface area contributed by atoms with Gasteiger partial charge >= 0.3 is 5.97 Å². The molecular formula is C17H17ClN2O4S. The number of ether oxygens (including phenoxy) is 1. The van der Waals surface area contributed by atoms with Gasteiger partial charge < -0.3 is 15.2 Å². The van der Waals surface area contributed by atoms with Crippen LogP contribution in [0.3, 0.4) is 0 Å². The third kappa shape index (κ3) is 3.68. The lowest BCUT2D eigenvalue weighted by atomic mass is 9.73. The van der Waals surface area contributed by atoms with Crippen molar-refractivity contribution in [3.63, 3.8) is 0 Å². The van der Waals surface area contributed by atoms with E-state index in [0.29, 0.717) is 36.1 Å². The monoisotopic (exact) mass is 380 g/mol. The predicted octanol–water partition coefficient (Wildman–Crippen LogP) is 2.86. The normalized spacial score (nSPS) is 16.4. The van der Waals surface area contributed by atoms with Crippen LogP contribution in [0.15, 0.2) is 29.6 Å². The van der Waals surface area contributed by atoms with E-state index in [1.807, 2.05) is 18.2 Å². The van der Waals surface area contributed by atoms with Gasteiger partial charge in [0.05, 0.1) is 12.0 Å². The van der Waals surface area contributed by atoms with Crippen LogP contribution in [0.5, 0.6) is 0 Å². The second-order valence-electron chi connectivity index (χ2n) is 5.79. The van der Waals surface area contributed by atoms with Crippen LogP contribution < -0.4 is 5.32 Å². The molecule has 1 fully saturated rings. The average molecular weight is 381 g/mol. The molecule has 0 unspecified atom stereocenters. The summed E-state index contributed by atoms with van der Waals surface area (Å²) >= 11 is 7.56. The molecule has 1 aromatic heterocycles. The minimum Gasteiger partial charge on any atom is -0.476 e. The Bertz CT molecular complexity index is 786. The van der Waals surface area contributed by atoms with E-state index in [1.54, 1.807) is 6.07 Å². The number of carboxylic acids is 1. The maximum Gasteiger partial charge on any atom is 0.355 e. The van der Waals surface area contributed by atoms with Crippen LogP contribution in [-0.4, -0.2) is 35.2 Å². The minimum absolute atomic E-state index is 0.0128. The fraction of sp³-hybridized carbons (Fsp3) is 0.353. The molecule has 2 heterocycles. The zero-order valence-corrected chi connectivity index (χ0v) is 14.9. The molecule has 0 radical (unpaired) electrons. The van der Waals surface area contributed by atoms with Gasteiger partial charge in [-0.3, -0.25) is 4.79 Å². The molecule has 8 heteroatoms. The lowest BCUT2D eigenvalue weighted by Crippen LogP contribution is -2.48. The highest BCUT2D eigenvalue weighted by Gasteiger charge is 2.42. The zero-order chi connectivity index (χ0) is 17.9. The summed E-state index contributed by atoms with van der Waals surface area (Å²) in [5, 5.41) is 14.4. The predicted molar refractivity (Wildman–Crippen MR) is 94.1 cm³/mol. The Kier molecular flexibility index (Phi) is 5.36. The maximum absolute atomic E-state index is 13.0. The molecule has 25 heavy (non-hydrogen) atoms. The minimum atomic E-state index is -1.08. The fourth-order valence-electron chi connectivity index (χ4n) is 3.00. The highest BCUT2D eigenvalue weighted by Crippen LogP contribution is 2.39. The van der Waals surface area contributed by atoms with Gasteiger partial charge in [0.2, 0.25) is 5.91 Å². The summed E-state index contributed by atoms with van der Waals surface area (Å²) in [7, 11) is 0. The van der Waals surface area contributed by atoms with Crippen LogP contribution in [-0.2, 0) is 21.5 Å². The molecule has 1 aliphatic heterocycles. The van der Waals surface area contributed by atoms with Gasteiger partial charge in [-0.1, -0.05) is 29.8 Å². The molecule has 0 atom stereocenters. The third-order valence-corrected chi connectivity index (χ3v) is 5.52. The quantitative estimate of drug-likeness (QED) is 0.832. The second kappa shape index (κ2) is 7.51. The van der Waals surface area contributed by atoms with E-state index in [2.05, 4.69) is 10.3 Å². The first-order valence-electron chi connectivity index (χ1n) is 7.82. The van der Waals surface area contributed by atoms with Crippen LogP contribution >= 0.6 is 22.9 Å². The molecule has 132 valence electrons. The SMILES string of the molecule is O=C(O)c1csc(CNC(=O)C2(c3ccccc3Cl)CCOCC2)n1. The van der Waals surface area contributed by atoms with Gasteiger partial charge in [0, 0.05) is 23.6 Å². The van der Waals surface area contributed by atoms with Crippen LogP contribution in [0.1, 0.15) is 33.9 Å². The molecule has 1 amide bonds. The Morgan fingerprint density at radius 2 is 2.04 bits per heavy atom. The highest BCUT2D eigenvalue weighted by atomic mass is 35.5. The van der Waals surface area contributed by atoms with E-state index < -0.39 is 11.4 Å². The third-order valence-electron chi connectivity index (χ3n) is 4.34. The van der Waals surface area contributed by atoms with Crippen molar-refractivity contribution in [1.82, 2.24) is 10.3 Å². The van der Waals surface area contributed by atoms with Gasteiger partial charge in [-0.25, -0.2) is 9.78 Å². The standard InChI is InChI=1S/C17H17ClN2O4S/c18-12-4-2-1-3-11(12)17(5-7-24-8-6-17)16(23)19-9-14-20-13(10-25-14)15(21)22/h1-4,10H,5-9H2,(H,19,23)(H,21,22). The summed E-state index contributed by atoms with van der Waals surface area (Å²) in [4.78, 5) is 27.9. The van der Waals surface area contributed by atoms with Gasteiger partial charge in [0.15, 0.2) is 5.69 Å². The molecule has 6 nitrogen and oxygen atoms in total. The molecule has 0 spiro atoms. The number of amides is 1. The molecule has 1 aromatic carbocycles. The number of benzene rings is 1. The smallest absolute Gasteiger partial charge is 0.355 e. The first-order chi connectivity index (χ1) is 12.0. The lowest BCUT2D eigenvalue weighted by Gasteiger charge is -2.36. The number of carboxylic acid groups (broad SMARTS) is 1. The number of nitrogens with zero attached hydrogens (tertiary/aromatic N) is 1. The van der Waals surface area contributed by atoms with Gasteiger partial charge in [0.1, 0.15) is 5.01 Å². The summed E-state index contributed by atoms with van der Waals surface area (Å²) in [5.74, 6) is -1.22. The molecule has 0 aliphatic carbocycles. The Morgan fingerprint density at radius 3 is 2.68 bits per heavy atom. The summed E-state index contributed by atoms with van der Waals surface area (Å²) in [6.45, 7) is 1.15. The van der Waals surface area contributed by atoms with Crippen LogP contribution in [0.2, 0.25) is 5.02 Å². The Labute approximate surface area is 153 Å². The van der Waals surface area contributed by atoms with E-state index in [4.69, 9.17) is 21.4 Å². The maximum atomic E-state index is 13.0. The van der Waals surface area contributed by atoms with E-state index in [1.165, 1.54) is 16.7 Å². The number of rotatable bonds is 5. The van der Waals surface area contributed by atoms with E-state index >= 15 is 0 Å². The van der Waals surface area contributed by atoms with Gasteiger partial charge in [0.25, 0.3) is 0 Å². The summed E-state index contributed by atoms with van der Waals surface area (Å²) in [6, 6.07) is 7.35. The zero-order valence-electron chi connectivity index (χ0n) is 13.3. The molecule has 1 saturated heterocycles. The van der Waals surface area contributed by atoms with Crippen molar-refractivity contribution in [2.24, 2.45) is 0 Å². The number of carbonyl (C=O) groups excluding carboxylic acids is 1. The number of thiazole rings is 1. The van der Waals surface area contributed by atoms with Crippen LogP contribution in [0.4, 0.5) is 0 Å².